The van der Waals surface area contributed by atoms with Gasteiger partial charge in [-0.25, -0.2) is 0 Å². The first-order chi connectivity index (χ1) is 6.32. The minimum absolute atomic E-state index is 0.0652. The smallest absolute Gasteiger partial charge is 0.322 e. The highest BCUT2D eigenvalue weighted by Crippen LogP contribution is 2.20. The normalized spacial score (nSPS) is 26.4. The number of carboxylic acid groups (broad SMARTS) is 1. The van der Waals surface area contributed by atoms with Gasteiger partial charge in [0.1, 0.15) is 6.04 Å². The van der Waals surface area contributed by atoms with Crippen molar-refractivity contribution < 1.29 is 9.90 Å². The van der Waals surface area contributed by atoms with Crippen LogP contribution >= 0.6 is 0 Å². The van der Waals surface area contributed by atoms with Crippen LogP contribution in [0.15, 0.2) is 0 Å². The summed E-state index contributed by atoms with van der Waals surface area (Å²) in [4.78, 5) is 15.2. The van der Waals surface area contributed by atoms with Gasteiger partial charge in [-0.3, -0.25) is 9.69 Å². The minimum Gasteiger partial charge on any atom is -0.480 e. The van der Waals surface area contributed by atoms with Crippen molar-refractivity contribution in [1.29, 1.82) is 0 Å². The van der Waals surface area contributed by atoms with E-state index in [0.717, 1.165) is 13.1 Å². The molecule has 0 aromatic rings. The lowest BCUT2D eigenvalue weighted by atomic mass is 10.0. The molecule has 4 heteroatoms. The zero-order valence-corrected chi connectivity index (χ0v) is 9.45. The molecule has 14 heavy (non-hydrogen) atoms. The molecule has 0 spiro atoms. The van der Waals surface area contributed by atoms with Gasteiger partial charge in [-0.2, -0.15) is 0 Å². The van der Waals surface area contributed by atoms with Gasteiger partial charge in [0, 0.05) is 25.2 Å². The Morgan fingerprint density at radius 2 is 1.93 bits per heavy atom. The molecule has 0 amide bonds. The van der Waals surface area contributed by atoms with Gasteiger partial charge in [-0.1, -0.05) is 0 Å². The summed E-state index contributed by atoms with van der Waals surface area (Å²) in [5, 5.41) is 9.12. The van der Waals surface area contributed by atoms with E-state index in [0.29, 0.717) is 6.54 Å². The number of carboxylic acids is 1. The van der Waals surface area contributed by atoms with Crippen LogP contribution in [0.25, 0.3) is 0 Å². The number of rotatable bonds is 1. The third kappa shape index (κ3) is 2.45. The maximum atomic E-state index is 11.1. The molecule has 1 N–H and O–H groups in total. The van der Waals surface area contributed by atoms with Gasteiger partial charge in [0.25, 0.3) is 0 Å². The second-order valence-electron chi connectivity index (χ2n) is 4.98. The Balaban J connectivity index is 2.78. The second kappa shape index (κ2) is 3.87. The first-order valence-corrected chi connectivity index (χ1v) is 5.00. The van der Waals surface area contributed by atoms with Crippen molar-refractivity contribution in [2.45, 2.75) is 32.4 Å². The SMILES string of the molecule is CN1CCN(C(C)(C)C)C(C(=O)O)C1. The summed E-state index contributed by atoms with van der Waals surface area (Å²) in [6.07, 6.45) is 0. The third-order valence-electron chi connectivity index (χ3n) is 2.73. The fourth-order valence-corrected chi connectivity index (χ4v) is 1.93. The highest BCUT2D eigenvalue weighted by Gasteiger charge is 2.36. The maximum absolute atomic E-state index is 11.1. The van der Waals surface area contributed by atoms with Crippen molar-refractivity contribution in [2.24, 2.45) is 0 Å². The molecule has 0 aliphatic carbocycles. The quantitative estimate of drug-likeness (QED) is 0.669. The number of carbonyl (C=O) groups is 1. The molecule has 0 bridgehead atoms. The number of hydrogen-bond acceptors (Lipinski definition) is 3. The molecule has 1 unspecified atom stereocenters. The molecule has 0 aromatic heterocycles. The van der Waals surface area contributed by atoms with Crippen LogP contribution in [-0.4, -0.2) is 59.1 Å². The van der Waals surface area contributed by atoms with E-state index in [-0.39, 0.29) is 11.6 Å². The number of piperazine rings is 1. The average Bonchev–Trinajstić information content (AvgIpc) is 2.01. The van der Waals surface area contributed by atoms with Crippen molar-refractivity contribution in [3.63, 3.8) is 0 Å². The van der Waals surface area contributed by atoms with Crippen LogP contribution in [0, 0.1) is 0 Å². The summed E-state index contributed by atoms with van der Waals surface area (Å²) < 4.78 is 0. The first-order valence-electron chi connectivity index (χ1n) is 5.00. The largest absolute Gasteiger partial charge is 0.480 e. The first kappa shape index (κ1) is 11.5. The fourth-order valence-electron chi connectivity index (χ4n) is 1.93. The Morgan fingerprint density at radius 1 is 1.36 bits per heavy atom. The lowest BCUT2D eigenvalue weighted by Crippen LogP contribution is -2.61. The van der Waals surface area contributed by atoms with Crippen LogP contribution in [0.3, 0.4) is 0 Å². The Hall–Kier alpha value is -0.610. The molecule has 1 aliphatic heterocycles. The summed E-state index contributed by atoms with van der Waals surface area (Å²) >= 11 is 0. The van der Waals surface area contributed by atoms with Crippen molar-refractivity contribution in [2.75, 3.05) is 26.7 Å². The highest BCUT2D eigenvalue weighted by atomic mass is 16.4. The lowest BCUT2D eigenvalue weighted by Gasteiger charge is -2.45. The van der Waals surface area contributed by atoms with Crippen LogP contribution in [0.4, 0.5) is 0 Å². The van der Waals surface area contributed by atoms with Gasteiger partial charge in [-0.15, -0.1) is 0 Å². The summed E-state index contributed by atoms with van der Waals surface area (Å²) in [7, 11) is 1.97. The van der Waals surface area contributed by atoms with E-state index in [4.69, 9.17) is 5.11 Å². The van der Waals surface area contributed by atoms with E-state index in [2.05, 4.69) is 30.6 Å². The number of nitrogens with zero attached hydrogens (tertiary/aromatic N) is 2. The standard InChI is InChI=1S/C10H20N2O2/c1-10(2,3)12-6-5-11(4)7-8(12)9(13)14/h8H,5-7H2,1-4H3,(H,13,14). The minimum atomic E-state index is -0.716. The molecule has 1 fully saturated rings. The van der Waals surface area contributed by atoms with Gasteiger partial charge in [0.05, 0.1) is 0 Å². The lowest BCUT2D eigenvalue weighted by molar-refractivity contribution is -0.148. The molecule has 1 rings (SSSR count). The van der Waals surface area contributed by atoms with Crippen LogP contribution in [0.2, 0.25) is 0 Å². The summed E-state index contributed by atoms with van der Waals surface area (Å²) in [5.41, 5.74) is -0.0652. The molecule has 1 heterocycles. The molecule has 4 nitrogen and oxygen atoms in total. The van der Waals surface area contributed by atoms with E-state index in [1.165, 1.54) is 0 Å². The molecular weight excluding hydrogens is 180 g/mol. The van der Waals surface area contributed by atoms with Gasteiger partial charge >= 0.3 is 5.97 Å². The van der Waals surface area contributed by atoms with Crippen molar-refractivity contribution in [3.8, 4) is 0 Å². The van der Waals surface area contributed by atoms with Gasteiger partial charge < -0.3 is 10.0 Å². The number of aliphatic carboxylic acids is 1. The van der Waals surface area contributed by atoms with E-state index < -0.39 is 5.97 Å². The third-order valence-corrected chi connectivity index (χ3v) is 2.73. The number of hydrogen-bond donors (Lipinski definition) is 1. The van der Waals surface area contributed by atoms with Gasteiger partial charge in [-0.05, 0) is 27.8 Å². The molecule has 1 atom stereocenters. The summed E-state index contributed by atoms with van der Waals surface area (Å²) in [6, 6.07) is -0.367. The maximum Gasteiger partial charge on any atom is 0.322 e. The van der Waals surface area contributed by atoms with Gasteiger partial charge in [0.15, 0.2) is 0 Å². The molecule has 0 radical (unpaired) electrons. The van der Waals surface area contributed by atoms with Crippen LogP contribution in [0.5, 0.6) is 0 Å². The Kier molecular flexibility index (Phi) is 3.17. The monoisotopic (exact) mass is 200 g/mol. The predicted molar refractivity (Wildman–Crippen MR) is 55.4 cm³/mol. The molecule has 1 saturated heterocycles. The molecule has 0 aromatic carbocycles. The summed E-state index contributed by atoms with van der Waals surface area (Å²) in [5.74, 6) is -0.716. The van der Waals surface area contributed by atoms with Crippen molar-refractivity contribution >= 4 is 5.97 Å². The fraction of sp³-hybridized carbons (Fsp3) is 0.900. The second-order valence-corrected chi connectivity index (χ2v) is 4.98. The molecular formula is C10H20N2O2. The van der Waals surface area contributed by atoms with Crippen molar-refractivity contribution in [3.05, 3.63) is 0 Å². The van der Waals surface area contributed by atoms with E-state index in [1.807, 2.05) is 7.05 Å². The number of likely N-dealkylation sites (N-methyl/N-ethyl adjacent to an activating group) is 1. The highest BCUT2D eigenvalue weighted by molar-refractivity contribution is 5.74. The molecule has 0 saturated carbocycles. The average molecular weight is 200 g/mol. The van der Waals surface area contributed by atoms with E-state index in [1.54, 1.807) is 0 Å². The Morgan fingerprint density at radius 3 is 2.36 bits per heavy atom. The van der Waals surface area contributed by atoms with Gasteiger partial charge in [0.2, 0.25) is 0 Å². The molecule has 1 aliphatic rings. The predicted octanol–water partition coefficient (Wildman–Crippen LogP) is 0.485. The zero-order valence-electron chi connectivity index (χ0n) is 9.45. The van der Waals surface area contributed by atoms with Crippen molar-refractivity contribution in [1.82, 2.24) is 9.80 Å². The van der Waals surface area contributed by atoms with E-state index >= 15 is 0 Å². The van der Waals surface area contributed by atoms with Crippen LogP contribution < -0.4 is 0 Å². The topological polar surface area (TPSA) is 43.8 Å². The summed E-state index contributed by atoms with van der Waals surface area (Å²) in [6.45, 7) is 8.58. The van der Waals surface area contributed by atoms with E-state index in [9.17, 15) is 4.79 Å². The Labute approximate surface area is 85.5 Å². The van der Waals surface area contributed by atoms with Crippen LogP contribution in [-0.2, 0) is 4.79 Å². The zero-order chi connectivity index (χ0) is 10.9. The molecule has 82 valence electrons. The van der Waals surface area contributed by atoms with Crippen LogP contribution in [0.1, 0.15) is 20.8 Å². The Bertz CT molecular complexity index is 223.